The van der Waals surface area contributed by atoms with Crippen LogP contribution in [0.5, 0.6) is 0 Å². The van der Waals surface area contributed by atoms with E-state index in [-0.39, 0.29) is 5.82 Å². The molecule has 0 N–H and O–H groups in total. The van der Waals surface area contributed by atoms with Crippen LogP contribution in [-0.2, 0) is 12.8 Å². The average Bonchev–Trinajstić information content (AvgIpc) is 3.23. The maximum absolute atomic E-state index is 14.7. The van der Waals surface area contributed by atoms with Crippen LogP contribution in [0.25, 0.3) is 28.2 Å². The zero-order valence-electron chi connectivity index (χ0n) is 17.0. The smallest absolute Gasteiger partial charge is 0.159 e. The number of pyridine rings is 2. The van der Waals surface area contributed by atoms with Gasteiger partial charge in [0.05, 0.1) is 17.6 Å². The Bertz CT molecular complexity index is 1360. The zero-order chi connectivity index (χ0) is 21.2. The summed E-state index contributed by atoms with van der Waals surface area (Å²) >= 11 is 0. The number of fused-ring (bicyclic) bond motifs is 1. The third kappa shape index (κ3) is 3.80. The Balaban J connectivity index is 1.39. The molecular formula is C25H20FN5. The first-order valence-corrected chi connectivity index (χ1v) is 10.1. The van der Waals surface area contributed by atoms with Crippen LogP contribution in [-0.4, -0.2) is 24.3 Å². The average molecular weight is 409 g/mol. The molecule has 0 spiro atoms. The quantitative estimate of drug-likeness (QED) is 0.406. The Morgan fingerprint density at radius 2 is 1.71 bits per heavy atom. The molecule has 4 aromatic heterocycles. The number of imidazole rings is 1. The minimum atomic E-state index is -0.332. The molecule has 0 aliphatic carbocycles. The largest absolute Gasteiger partial charge is 0.297 e. The molecule has 0 aliphatic rings. The van der Waals surface area contributed by atoms with Crippen LogP contribution in [0.15, 0.2) is 79.5 Å². The van der Waals surface area contributed by atoms with Gasteiger partial charge < -0.3 is 0 Å². The highest BCUT2D eigenvalue weighted by molar-refractivity contribution is 5.64. The summed E-state index contributed by atoms with van der Waals surface area (Å²) in [6, 6.07) is 15.3. The second kappa shape index (κ2) is 8.07. The van der Waals surface area contributed by atoms with E-state index in [0.29, 0.717) is 18.5 Å². The van der Waals surface area contributed by atoms with Gasteiger partial charge in [0.15, 0.2) is 5.65 Å². The van der Waals surface area contributed by atoms with Gasteiger partial charge in [-0.1, -0.05) is 30.3 Å². The fourth-order valence-corrected chi connectivity index (χ4v) is 3.75. The van der Waals surface area contributed by atoms with Crippen molar-refractivity contribution in [1.29, 1.82) is 0 Å². The van der Waals surface area contributed by atoms with Gasteiger partial charge in [0.2, 0.25) is 0 Å². The first-order valence-electron chi connectivity index (χ1n) is 10.1. The summed E-state index contributed by atoms with van der Waals surface area (Å²) in [5.74, 6) is -0.332. The third-order valence-electron chi connectivity index (χ3n) is 5.29. The van der Waals surface area contributed by atoms with Gasteiger partial charge in [0, 0.05) is 41.6 Å². The van der Waals surface area contributed by atoms with E-state index in [1.807, 2.05) is 48.0 Å². The van der Waals surface area contributed by atoms with Gasteiger partial charge >= 0.3 is 0 Å². The molecule has 5 nitrogen and oxygen atoms in total. The number of hydrogen-bond acceptors (Lipinski definition) is 4. The minimum Gasteiger partial charge on any atom is -0.297 e. The normalized spacial score (nSPS) is 11.2. The predicted molar refractivity (Wildman–Crippen MR) is 118 cm³/mol. The highest BCUT2D eigenvalue weighted by Gasteiger charge is 2.12. The molecular weight excluding hydrogens is 389 g/mol. The molecule has 0 bridgehead atoms. The molecule has 0 amide bonds. The molecule has 0 fully saturated rings. The number of nitrogens with zero attached hydrogens (tertiary/aromatic N) is 5. The van der Waals surface area contributed by atoms with E-state index >= 15 is 0 Å². The zero-order valence-corrected chi connectivity index (χ0v) is 17.0. The van der Waals surface area contributed by atoms with Gasteiger partial charge in [-0.25, -0.2) is 9.37 Å². The van der Waals surface area contributed by atoms with Crippen molar-refractivity contribution < 1.29 is 4.39 Å². The Hall–Kier alpha value is -3.93. The molecule has 1 aromatic carbocycles. The van der Waals surface area contributed by atoms with E-state index in [4.69, 9.17) is 0 Å². The number of aromatic nitrogens is 5. The van der Waals surface area contributed by atoms with Crippen LogP contribution in [0, 0.1) is 12.7 Å². The second-order valence-corrected chi connectivity index (χ2v) is 7.44. The number of rotatable bonds is 5. The molecule has 31 heavy (non-hydrogen) atoms. The van der Waals surface area contributed by atoms with Crippen LogP contribution in [0.2, 0.25) is 0 Å². The van der Waals surface area contributed by atoms with Crippen molar-refractivity contribution in [3.8, 4) is 22.5 Å². The summed E-state index contributed by atoms with van der Waals surface area (Å²) in [6.45, 7) is 1.88. The van der Waals surface area contributed by atoms with Crippen molar-refractivity contribution >= 4 is 5.65 Å². The van der Waals surface area contributed by atoms with Gasteiger partial charge in [0.1, 0.15) is 11.5 Å². The van der Waals surface area contributed by atoms with E-state index in [0.717, 1.165) is 39.4 Å². The number of hydrogen-bond donors (Lipinski definition) is 0. The Kier molecular flexibility index (Phi) is 4.96. The van der Waals surface area contributed by atoms with Crippen molar-refractivity contribution in [2.75, 3.05) is 0 Å². The number of benzene rings is 1. The lowest BCUT2D eigenvalue weighted by Crippen LogP contribution is -2.01. The molecule has 5 aromatic rings. The summed E-state index contributed by atoms with van der Waals surface area (Å²) in [4.78, 5) is 17.6. The van der Waals surface area contributed by atoms with Crippen molar-refractivity contribution in [2.45, 2.75) is 19.8 Å². The summed E-state index contributed by atoms with van der Waals surface area (Å²) in [7, 11) is 0. The van der Waals surface area contributed by atoms with E-state index in [1.165, 1.54) is 0 Å². The number of aryl methyl sites for hydroxylation is 3. The number of halogens is 1. The molecule has 0 aliphatic heterocycles. The maximum atomic E-state index is 14.7. The molecule has 0 radical (unpaired) electrons. The highest BCUT2D eigenvalue weighted by atomic mass is 19.1. The standard InChI is InChI=1S/C25H20FN5/c1-17-13-20(9-10-27-17)24-21(26)14-18(15-29-24)7-8-22-25-30-16-23(31(25)12-11-28-22)19-5-3-2-4-6-19/h2-6,9-16H,7-8H2,1H3. The van der Waals surface area contributed by atoms with E-state index in [1.54, 1.807) is 30.7 Å². The van der Waals surface area contributed by atoms with Crippen molar-refractivity contribution in [2.24, 2.45) is 0 Å². The van der Waals surface area contributed by atoms with Gasteiger partial charge in [-0.05, 0) is 43.5 Å². The maximum Gasteiger partial charge on any atom is 0.159 e. The minimum absolute atomic E-state index is 0.332. The topological polar surface area (TPSA) is 56.0 Å². The lowest BCUT2D eigenvalue weighted by molar-refractivity contribution is 0.622. The van der Waals surface area contributed by atoms with Crippen LogP contribution in [0.1, 0.15) is 17.0 Å². The van der Waals surface area contributed by atoms with Crippen molar-refractivity contribution in [1.82, 2.24) is 24.3 Å². The lowest BCUT2D eigenvalue weighted by Gasteiger charge is -2.07. The Labute approximate surface area is 179 Å². The molecule has 6 heteroatoms. The monoisotopic (exact) mass is 409 g/mol. The highest BCUT2D eigenvalue weighted by Crippen LogP contribution is 2.23. The van der Waals surface area contributed by atoms with Crippen LogP contribution in [0.4, 0.5) is 4.39 Å². The van der Waals surface area contributed by atoms with Gasteiger partial charge in [-0.3, -0.25) is 19.4 Å². The third-order valence-corrected chi connectivity index (χ3v) is 5.29. The van der Waals surface area contributed by atoms with Gasteiger partial charge in [-0.15, -0.1) is 0 Å². The van der Waals surface area contributed by atoms with Crippen LogP contribution in [0.3, 0.4) is 0 Å². The van der Waals surface area contributed by atoms with Crippen molar-refractivity contribution in [3.63, 3.8) is 0 Å². The molecule has 0 saturated carbocycles. The van der Waals surface area contributed by atoms with E-state index in [2.05, 4.69) is 32.1 Å². The van der Waals surface area contributed by atoms with Gasteiger partial charge in [-0.2, -0.15) is 0 Å². The predicted octanol–water partition coefficient (Wildman–Crippen LogP) is 5.09. The first kappa shape index (κ1) is 19.1. The second-order valence-electron chi connectivity index (χ2n) is 7.44. The molecule has 5 rings (SSSR count). The summed E-state index contributed by atoms with van der Waals surface area (Å²) < 4.78 is 16.8. The fourth-order valence-electron chi connectivity index (χ4n) is 3.75. The van der Waals surface area contributed by atoms with Crippen LogP contribution < -0.4 is 0 Å². The van der Waals surface area contributed by atoms with E-state index < -0.39 is 0 Å². The fraction of sp³-hybridized carbons (Fsp3) is 0.120. The lowest BCUT2D eigenvalue weighted by atomic mass is 10.1. The molecule has 0 atom stereocenters. The summed E-state index contributed by atoms with van der Waals surface area (Å²) in [6.07, 6.45) is 10.2. The molecule has 0 unspecified atom stereocenters. The van der Waals surface area contributed by atoms with Crippen molar-refractivity contribution in [3.05, 3.63) is 102 Å². The summed E-state index contributed by atoms with van der Waals surface area (Å²) in [5, 5.41) is 0. The Morgan fingerprint density at radius 1 is 0.839 bits per heavy atom. The summed E-state index contributed by atoms with van der Waals surface area (Å²) in [5.41, 5.74) is 6.54. The first-order chi connectivity index (χ1) is 15.2. The molecule has 0 saturated heterocycles. The SMILES string of the molecule is Cc1cc(-c2ncc(CCc3nccn4c(-c5ccccc5)cnc34)cc2F)ccn1. The van der Waals surface area contributed by atoms with Gasteiger partial charge in [0.25, 0.3) is 0 Å². The van der Waals surface area contributed by atoms with E-state index in [9.17, 15) is 4.39 Å². The Morgan fingerprint density at radius 3 is 2.52 bits per heavy atom. The molecule has 152 valence electrons. The molecule has 4 heterocycles. The van der Waals surface area contributed by atoms with Crippen LogP contribution >= 0.6 is 0 Å².